The van der Waals surface area contributed by atoms with E-state index in [1.807, 2.05) is 63.2 Å². The first-order valence-corrected chi connectivity index (χ1v) is 9.56. The van der Waals surface area contributed by atoms with E-state index in [2.05, 4.69) is 10.5 Å². The van der Waals surface area contributed by atoms with E-state index >= 15 is 0 Å². The van der Waals surface area contributed by atoms with Gasteiger partial charge in [-0.15, -0.1) is 0 Å². The molecule has 0 spiro atoms. The number of benzene rings is 2. The molecule has 0 radical (unpaired) electrons. The molecule has 0 aromatic heterocycles. The number of hydrogen-bond acceptors (Lipinski definition) is 4. The molecule has 0 saturated carbocycles. The van der Waals surface area contributed by atoms with Crippen LogP contribution in [-0.2, 0) is 20.8 Å². The summed E-state index contributed by atoms with van der Waals surface area (Å²) in [6.45, 7) is 6.36. The molecule has 146 valence electrons. The fourth-order valence-corrected chi connectivity index (χ4v) is 3.33. The van der Waals surface area contributed by atoms with Gasteiger partial charge in [0.25, 0.3) is 11.8 Å². The Morgan fingerprint density at radius 2 is 1.93 bits per heavy atom. The van der Waals surface area contributed by atoms with Crippen molar-refractivity contribution in [2.45, 2.75) is 33.6 Å². The zero-order valence-electron chi connectivity index (χ0n) is 16.5. The van der Waals surface area contributed by atoms with Crippen molar-refractivity contribution >= 4 is 28.9 Å². The van der Waals surface area contributed by atoms with Crippen LogP contribution in [0.2, 0.25) is 0 Å². The minimum absolute atomic E-state index is 0.198. The van der Waals surface area contributed by atoms with Gasteiger partial charge in [-0.05, 0) is 37.0 Å². The maximum Gasteiger partial charge on any atom is 0.281 e. The molecular weight excluding hydrogens is 354 g/mol. The van der Waals surface area contributed by atoms with E-state index in [0.717, 1.165) is 40.9 Å². The van der Waals surface area contributed by atoms with Crippen LogP contribution in [0.5, 0.6) is 0 Å². The van der Waals surface area contributed by atoms with Crippen LogP contribution in [0.25, 0.3) is 0 Å². The Balaban J connectivity index is 1.70. The van der Waals surface area contributed by atoms with Crippen molar-refractivity contribution < 1.29 is 14.4 Å². The highest BCUT2D eigenvalue weighted by molar-refractivity contribution is 6.54. The highest BCUT2D eigenvalue weighted by atomic mass is 16.6. The highest BCUT2D eigenvalue weighted by Crippen LogP contribution is 2.29. The monoisotopic (exact) mass is 379 g/mol. The Bertz CT molecular complexity index is 921. The maximum atomic E-state index is 12.7. The summed E-state index contributed by atoms with van der Waals surface area (Å²) in [6.07, 6.45) is 1.66. The van der Waals surface area contributed by atoms with E-state index in [1.54, 1.807) is 4.90 Å². The molecule has 0 bridgehead atoms. The number of carbonyl (C=O) groups excluding carboxylic acids is 2. The highest BCUT2D eigenvalue weighted by Gasteiger charge is 2.33. The molecule has 28 heavy (non-hydrogen) atoms. The second kappa shape index (κ2) is 8.69. The molecule has 0 saturated heterocycles. The second-order valence-electron chi connectivity index (χ2n) is 6.70. The topological polar surface area (TPSA) is 71.0 Å². The Morgan fingerprint density at radius 3 is 2.68 bits per heavy atom. The van der Waals surface area contributed by atoms with E-state index in [4.69, 9.17) is 4.84 Å². The quantitative estimate of drug-likeness (QED) is 0.746. The summed E-state index contributed by atoms with van der Waals surface area (Å²) in [6, 6.07) is 13.4. The number of amides is 2. The van der Waals surface area contributed by atoms with Gasteiger partial charge in [0.2, 0.25) is 0 Å². The Labute approximate surface area is 165 Å². The molecule has 2 amide bonds. The van der Waals surface area contributed by atoms with E-state index in [-0.39, 0.29) is 24.1 Å². The number of hydrogen-bond donors (Lipinski definition) is 1. The van der Waals surface area contributed by atoms with E-state index in [9.17, 15) is 9.59 Å². The Morgan fingerprint density at radius 1 is 1.14 bits per heavy atom. The molecule has 0 aliphatic carbocycles. The van der Waals surface area contributed by atoms with Crippen LogP contribution < -0.4 is 10.2 Å². The summed E-state index contributed by atoms with van der Waals surface area (Å²) < 4.78 is 0. The molecular formula is C22H25N3O3. The lowest BCUT2D eigenvalue weighted by Gasteiger charge is -2.14. The minimum atomic E-state index is -0.308. The number of oxime groups is 1. The largest absolute Gasteiger partial charge is 0.385 e. The molecule has 2 aromatic rings. The lowest BCUT2D eigenvalue weighted by atomic mass is 10.1. The molecule has 3 rings (SSSR count). The summed E-state index contributed by atoms with van der Waals surface area (Å²) >= 11 is 0. The molecule has 1 heterocycles. The molecule has 0 unspecified atom stereocenters. The summed E-state index contributed by atoms with van der Waals surface area (Å²) in [5.41, 5.74) is 4.66. The van der Waals surface area contributed by atoms with Crippen molar-refractivity contribution in [1.82, 2.24) is 0 Å². The predicted molar refractivity (Wildman–Crippen MR) is 111 cm³/mol. The molecule has 6 heteroatoms. The molecule has 1 N–H and O–H groups in total. The molecule has 2 aromatic carbocycles. The van der Waals surface area contributed by atoms with E-state index < -0.39 is 0 Å². The number of aryl methyl sites for hydroxylation is 2. The van der Waals surface area contributed by atoms with Crippen LogP contribution in [0.15, 0.2) is 47.6 Å². The number of nitrogens with one attached hydrogen (secondary N) is 1. The number of anilines is 2. The van der Waals surface area contributed by atoms with Gasteiger partial charge in [-0.2, -0.15) is 0 Å². The maximum absolute atomic E-state index is 12.7. The van der Waals surface area contributed by atoms with Crippen LogP contribution in [0.1, 0.15) is 37.0 Å². The van der Waals surface area contributed by atoms with Crippen LogP contribution in [0, 0.1) is 6.92 Å². The second-order valence-corrected chi connectivity index (χ2v) is 6.70. The van der Waals surface area contributed by atoms with Crippen molar-refractivity contribution in [3.8, 4) is 0 Å². The van der Waals surface area contributed by atoms with Crippen molar-refractivity contribution in [1.29, 1.82) is 0 Å². The average molecular weight is 379 g/mol. The molecule has 0 atom stereocenters. The molecule has 1 aliphatic rings. The average Bonchev–Trinajstić information content (AvgIpc) is 2.96. The van der Waals surface area contributed by atoms with Gasteiger partial charge in [-0.1, -0.05) is 55.4 Å². The van der Waals surface area contributed by atoms with Crippen LogP contribution in [0.4, 0.5) is 11.4 Å². The zero-order valence-corrected chi connectivity index (χ0v) is 16.5. The molecule has 1 aliphatic heterocycles. The fourth-order valence-electron chi connectivity index (χ4n) is 3.33. The number of nitrogens with zero attached hydrogens (tertiary/aromatic N) is 2. The lowest BCUT2D eigenvalue weighted by Crippen LogP contribution is -2.31. The number of para-hydroxylation sites is 2. The third-order valence-electron chi connectivity index (χ3n) is 4.70. The van der Waals surface area contributed by atoms with Crippen LogP contribution in [-0.4, -0.2) is 30.7 Å². The normalized spacial score (nSPS) is 14.3. The first-order chi connectivity index (χ1) is 13.6. The third-order valence-corrected chi connectivity index (χ3v) is 4.70. The predicted octanol–water partition coefficient (Wildman–Crippen LogP) is 3.67. The van der Waals surface area contributed by atoms with E-state index in [1.165, 1.54) is 0 Å². The minimum Gasteiger partial charge on any atom is -0.385 e. The number of rotatable bonds is 7. The first-order valence-electron chi connectivity index (χ1n) is 9.56. The fraction of sp³-hybridized carbons (Fsp3) is 0.318. The van der Waals surface area contributed by atoms with Gasteiger partial charge in [0.15, 0.2) is 12.3 Å². The summed E-state index contributed by atoms with van der Waals surface area (Å²) in [4.78, 5) is 31.9. The number of fused-ring (bicyclic) bond motifs is 1. The molecule has 6 nitrogen and oxygen atoms in total. The summed E-state index contributed by atoms with van der Waals surface area (Å²) in [7, 11) is 0. The third kappa shape index (κ3) is 3.91. The zero-order chi connectivity index (χ0) is 20.1. The van der Waals surface area contributed by atoms with Gasteiger partial charge in [-0.25, -0.2) is 0 Å². The SMILES string of the molecule is CCCN1C(=O)/C(=N/OCC(=O)Nc2c(C)cccc2CC)c2ccccc21. The summed E-state index contributed by atoms with van der Waals surface area (Å²) in [5, 5.41) is 6.88. The van der Waals surface area contributed by atoms with Gasteiger partial charge in [0.05, 0.1) is 5.69 Å². The van der Waals surface area contributed by atoms with Gasteiger partial charge < -0.3 is 15.1 Å². The van der Waals surface area contributed by atoms with Crippen LogP contribution >= 0.6 is 0 Å². The van der Waals surface area contributed by atoms with Crippen molar-refractivity contribution in [2.75, 3.05) is 23.4 Å². The van der Waals surface area contributed by atoms with Crippen molar-refractivity contribution in [3.05, 3.63) is 59.2 Å². The smallest absolute Gasteiger partial charge is 0.281 e. The molecule has 0 fully saturated rings. The van der Waals surface area contributed by atoms with Crippen molar-refractivity contribution in [3.63, 3.8) is 0 Å². The first kappa shape index (κ1) is 19.6. The van der Waals surface area contributed by atoms with Crippen LogP contribution in [0.3, 0.4) is 0 Å². The van der Waals surface area contributed by atoms with Crippen molar-refractivity contribution in [2.24, 2.45) is 5.16 Å². The number of carbonyl (C=O) groups is 2. The van der Waals surface area contributed by atoms with Gasteiger partial charge >= 0.3 is 0 Å². The lowest BCUT2D eigenvalue weighted by molar-refractivity contribution is -0.121. The Hall–Kier alpha value is -3.15. The standard InChI is InChI=1S/C22H25N3O3/c1-4-13-25-18-12-7-6-11-17(18)21(22(25)27)24-28-14-19(26)23-20-15(3)9-8-10-16(20)5-2/h6-12H,4-5,13-14H2,1-3H3,(H,23,26)/b24-21+. The summed E-state index contributed by atoms with van der Waals surface area (Å²) in [5.74, 6) is -0.506. The Kier molecular flexibility index (Phi) is 6.09. The van der Waals surface area contributed by atoms with Gasteiger partial charge in [0, 0.05) is 17.8 Å². The van der Waals surface area contributed by atoms with Gasteiger partial charge in [-0.3, -0.25) is 9.59 Å². The van der Waals surface area contributed by atoms with Gasteiger partial charge in [0.1, 0.15) is 0 Å². The van der Waals surface area contributed by atoms with E-state index in [0.29, 0.717) is 6.54 Å².